The van der Waals surface area contributed by atoms with Gasteiger partial charge in [-0.3, -0.25) is 4.79 Å². The fourth-order valence-electron chi connectivity index (χ4n) is 3.41. The van der Waals surface area contributed by atoms with Gasteiger partial charge in [-0.05, 0) is 31.4 Å². The molecule has 0 bridgehead atoms. The molecule has 0 aromatic heterocycles. The van der Waals surface area contributed by atoms with Crippen molar-refractivity contribution in [3.8, 4) is 0 Å². The average molecular weight is 322 g/mol. The van der Waals surface area contributed by atoms with E-state index in [9.17, 15) is 13.2 Å². The Balaban J connectivity index is 1.70. The molecule has 3 rings (SSSR count). The maximum absolute atomic E-state index is 12.5. The number of carbonyl (C=O) groups excluding carboxylic acids is 1. The van der Waals surface area contributed by atoms with Crippen LogP contribution in [0.3, 0.4) is 0 Å². The zero-order valence-electron chi connectivity index (χ0n) is 13.0. The number of benzene rings is 1. The molecule has 1 fully saturated rings. The Bertz CT molecular complexity index is 686. The van der Waals surface area contributed by atoms with E-state index >= 15 is 0 Å². The molecule has 1 saturated heterocycles. The summed E-state index contributed by atoms with van der Waals surface area (Å²) >= 11 is 0. The van der Waals surface area contributed by atoms with Crippen LogP contribution in [0.2, 0.25) is 0 Å². The van der Waals surface area contributed by atoms with Crippen molar-refractivity contribution in [1.29, 1.82) is 0 Å². The van der Waals surface area contributed by atoms with Crippen molar-refractivity contribution in [2.75, 3.05) is 30.0 Å². The summed E-state index contributed by atoms with van der Waals surface area (Å²) in [4.78, 5) is 16.3. The van der Waals surface area contributed by atoms with Crippen molar-refractivity contribution in [3.63, 3.8) is 0 Å². The fourth-order valence-corrected chi connectivity index (χ4v) is 5.19. The first-order chi connectivity index (χ1) is 10.4. The summed E-state index contributed by atoms with van der Waals surface area (Å²) in [5, 5.41) is 0. The van der Waals surface area contributed by atoms with Crippen LogP contribution in [-0.4, -0.2) is 56.4 Å². The van der Waals surface area contributed by atoms with E-state index in [0.29, 0.717) is 19.0 Å². The second-order valence-electron chi connectivity index (χ2n) is 6.37. The zero-order valence-corrected chi connectivity index (χ0v) is 13.8. The van der Waals surface area contributed by atoms with E-state index in [-0.39, 0.29) is 23.5 Å². The van der Waals surface area contributed by atoms with E-state index in [1.165, 1.54) is 5.56 Å². The molecule has 2 atom stereocenters. The molecule has 0 spiro atoms. The van der Waals surface area contributed by atoms with Crippen molar-refractivity contribution in [2.45, 2.75) is 31.8 Å². The number of nitrogens with zero attached hydrogens (tertiary/aromatic N) is 2. The monoisotopic (exact) mass is 322 g/mol. The summed E-state index contributed by atoms with van der Waals surface area (Å²) in [7, 11) is -1.25. The normalized spacial score (nSPS) is 26.0. The third-order valence-corrected chi connectivity index (χ3v) is 6.55. The van der Waals surface area contributed by atoms with Crippen LogP contribution in [0.25, 0.3) is 0 Å². The molecule has 2 aliphatic rings. The molecule has 5 nitrogen and oxygen atoms in total. The van der Waals surface area contributed by atoms with Gasteiger partial charge in [0.05, 0.1) is 18.1 Å². The highest BCUT2D eigenvalue weighted by Crippen LogP contribution is 2.31. The highest BCUT2D eigenvalue weighted by atomic mass is 32.2. The SMILES string of the molecule is C[C@H]1Cc2ccccc2N1CC(=O)N(C)[C@@H]1CCS(=O)(=O)C1. The summed E-state index contributed by atoms with van der Waals surface area (Å²) in [6.45, 7) is 2.43. The van der Waals surface area contributed by atoms with Gasteiger partial charge in [-0.25, -0.2) is 8.42 Å². The lowest BCUT2D eigenvalue weighted by atomic mass is 10.1. The minimum Gasteiger partial charge on any atom is -0.359 e. The van der Waals surface area contributed by atoms with Crippen molar-refractivity contribution < 1.29 is 13.2 Å². The van der Waals surface area contributed by atoms with E-state index < -0.39 is 9.84 Å². The number of amides is 1. The minimum atomic E-state index is -2.97. The fraction of sp³-hybridized carbons (Fsp3) is 0.562. The average Bonchev–Trinajstić information content (AvgIpc) is 2.98. The van der Waals surface area contributed by atoms with E-state index in [2.05, 4.69) is 17.9 Å². The van der Waals surface area contributed by atoms with Gasteiger partial charge in [0.2, 0.25) is 5.91 Å². The first-order valence-electron chi connectivity index (χ1n) is 7.68. The van der Waals surface area contributed by atoms with Crippen LogP contribution in [0.5, 0.6) is 0 Å². The Kier molecular flexibility index (Phi) is 3.89. The largest absolute Gasteiger partial charge is 0.359 e. The Morgan fingerprint density at radius 1 is 1.36 bits per heavy atom. The molecule has 1 amide bonds. The minimum absolute atomic E-state index is 0.00865. The number of anilines is 1. The van der Waals surface area contributed by atoms with Crippen LogP contribution >= 0.6 is 0 Å². The molecule has 120 valence electrons. The van der Waals surface area contributed by atoms with Gasteiger partial charge in [-0.15, -0.1) is 0 Å². The van der Waals surface area contributed by atoms with Crippen molar-refractivity contribution in [2.24, 2.45) is 0 Å². The molecule has 0 radical (unpaired) electrons. The number of para-hydroxylation sites is 1. The first-order valence-corrected chi connectivity index (χ1v) is 9.50. The summed E-state index contributed by atoms with van der Waals surface area (Å²) in [6.07, 6.45) is 1.50. The molecule has 0 saturated carbocycles. The third kappa shape index (κ3) is 2.84. The van der Waals surface area contributed by atoms with Crippen LogP contribution in [0.1, 0.15) is 18.9 Å². The van der Waals surface area contributed by atoms with E-state index in [0.717, 1.165) is 12.1 Å². The molecule has 2 aliphatic heterocycles. The molecule has 0 aliphatic carbocycles. The zero-order chi connectivity index (χ0) is 15.9. The quantitative estimate of drug-likeness (QED) is 0.836. The molecule has 1 aromatic rings. The smallest absolute Gasteiger partial charge is 0.242 e. The number of hydrogen-bond acceptors (Lipinski definition) is 4. The van der Waals surface area contributed by atoms with Gasteiger partial charge in [0, 0.05) is 24.8 Å². The van der Waals surface area contributed by atoms with Crippen LogP contribution in [0.4, 0.5) is 5.69 Å². The lowest BCUT2D eigenvalue weighted by Crippen LogP contribution is -2.45. The Labute approximate surface area is 131 Å². The predicted molar refractivity (Wildman–Crippen MR) is 86.8 cm³/mol. The van der Waals surface area contributed by atoms with Gasteiger partial charge in [-0.1, -0.05) is 18.2 Å². The summed E-state index contributed by atoms with van der Waals surface area (Å²) in [5.74, 6) is 0.283. The molecule has 0 N–H and O–H groups in total. The summed E-state index contributed by atoms with van der Waals surface area (Å²) in [6, 6.07) is 8.27. The van der Waals surface area contributed by atoms with Crippen LogP contribution in [-0.2, 0) is 21.1 Å². The number of fused-ring (bicyclic) bond motifs is 1. The van der Waals surface area contributed by atoms with Crippen LogP contribution in [0.15, 0.2) is 24.3 Å². The number of hydrogen-bond donors (Lipinski definition) is 0. The van der Waals surface area contributed by atoms with Gasteiger partial charge >= 0.3 is 0 Å². The van der Waals surface area contributed by atoms with Gasteiger partial charge in [0.1, 0.15) is 0 Å². The summed E-state index contributed by atoms with van der Waals surface area (Å²) < 4.78 is 23.2. The Morgan fingerprint density at radius 3 is 2.77 bits per heavy atom. The van der Waals surface area contributed by atoms with Crippen LogP contribution < -0.4 is 4.90 Å². The maximum atomic E-state index is 12.5. The van der Waals surface area contributed by atoms with Crippen molar-refractivity contribution in [3.05, 3.63) is 29.8 Å². The van der Waals surface area contributed by atoms with Gasteiger partial charge in [0.15, 0.2) is 9.84 Å². The highest BCUT2D eigenvalue weighted by molar-refractivity contribution is 7.91. The second-order valence-corrected chi connectivity index (χ2v) is 8.60. The van der Waals surface area contributed by atoms with Gasteiger partial charge in [0.25, 0.3) is 0 Å². The van der Waals surface area contributed by atoms with E-state index in [1.807, 2.05) is 18.2 Å². The van der Waals surface area contributed by atoms with E-state index in [4.69, 9.17) is 0 Å². The lowest BCUT2D eigenvalue weighted by Gasteiger charge is -2.29. The molecular formula is C16H22N2O3S. The van der Waals surface area contributed by atoms with E-state index in [1.54, 1.807) is 11.9 Å². The molecule has 2 heterocycles. The summed E-state index contributed by atoms with van der Waals surface area (Å²) in [5.41, 5.74) is 2.39. The predicted octanol–water partition coefficient (Wildman–Crippen LogP) is 1.08. The molecule has 6 heteroatoms. The number of sulfone groups is 1. The molecule has 1 aromatic carbocycles. The maximum Gasteiger partial charge on any atom is 0.242 e. The Hall–Kier alpha value is -1.56. The van der Waals surface area contributed by atoms with Crippen molar-refractivity contribution >= 4 is 21.4 Å². The molecule has 0 unspecified atom stereocenters. The second kappa shape index (κ2) is 5.57. The highest BCUT2D eigenvalue weighted by Gasteiger charge is 2.34. The van der Waals surface area contributed by atoms with Gasteiger partial charge in [-0.2, -0.15) is 0 Å². The lowest BCUT2D eigenvalue weighted by molar-refractivity contribution is -0.130. The van der Waals surface area contributed by atoms with Crippen LogP contribution in [0, 0.1) is 0 Å². The van der Waals surface area contributed by atoms with Crippen molar-refractivity contribution in [1.82, 2.24) is 4.90 Å². The molecular weight excluding hydrogens is 300 g/mol. The molecule has 22 heavy (non-hydrogen) atoms. The van der Waals surface area contributed by atoms with Gasteiger partial charge < -0.3 is 9.80 Å². The third-order valence-electron chi connectivity index (χ3n) is 4.80. The standard InChI is InChI=1S/C16H22N2O3S/c1-12-9-13-5-3-4-6-15(13)18(12)10-16(19)17(2)14-7-8-22(20,21)11-14/h3-6,12,14H,7-11H2,1-2H3/t12-,14+/m0/s1. The first kappa shape index (κ1) is 15.3. The number of carbonyl (C=O) groups is 1. The number of rotatable bonds is 3. The topological polar surface area (TPSA) is 57.7 Å². The Morgan fingerprint density at radius 2 is 2.09 bits per heavy atom. The number of likely N-dealkylation sites (N-methyl/N-ethyl adjacent to an activating group) is 1.